The molecule has 0 aliphatic rings. The average Bonchev–Trinajstić information content (AvgIpc) is 2.48. The van der Waals surface area contributed by atoms with Crippen LogP contribution in [0, 0.1) is 0 Å². The standard InChI is InChI=1S/C16H18O3/c17-15(16(18)14-9-5-2-6-10-14)12-19-11-13-7-3-1-4-8-13/h1-10,15-18H,11-12H2/t15-,16-/m0/s1. The highest BCUT2D eigenvalue weighted by Gasteiger charge is 2.17. The zero-order valence-electron chi connectivity index (χ0n) is 10.6. The minimum atomic E-state index is -0.925. The van der Waals surface area contributed by atoms with Gasteiger partial charge in [0.2, 0.25) is 0 Å². The molecule has 0 saturated carbocycles. The molecular weight excluding hydrogens is 240 g/mol. The van der Waals surface area contributed by atoms with E-state index in [0.717, 1.165) is 5.56 Å². The molecule has 2 N–H and O–H groups in total. The quantitative estimate of drug-likeness (QED) is 0.836. The second-order valence-electron chi connectivity index (χ2n) is 4.42. The maximum Gasteiger partial charge on any atom is 0.107 e. The maximum absolute atomic E-state index is 9.96. The van der Waals surface area contributed by atoms with Gasteiger partial charge in [-0.2, -0.15) is 0 Å². The largest absolute Gasteiger partial charge is 0.388 e. The van der Waals surface area contributed by atoms with Crippen molar-refractivity contribution in [3.63, 3.8) is 0 Å². The molecule has 100 valence electrons. The van der Waals surface area contributed by atoms with E-state index in [4.69, 9.17) is 4.74 Å². The average molecular weight is 258 g/mol. The first-order chi connectivity index (χ1) is 9.27. The van der Waals surface area contributed by atoms with Crippen molar-refractivity contribution >= 4 is 0 Å². The minimum absolute atomic E-state index is 0.102. The van der Waals surface area contributed by atoms with Crippen LogP contribution in [0.2, 0.25) is 0 Å². The van der Waals surface area contributed by atoms with Gasteiger partial charge in [-0.05, 0) is 11.1 Å². The van der Waals surface area contributed by atoms with E-state index in [1.165, 1.54) is 0 Å². The van der Waals surface area contributed by atoms with E-state index < -0.39 is 12.2 Å². The van der Waals surface area contributed by atoms with E-state index in [-0.39, 0.29) is 6.61 Å². The third-order valence-corrected chi connectivity index (χ3v) is 2.91. The minimum Gasteiger partial charge on any atom is -0.388 e. The highest BCUT2D eigenvalue weighted by Crippen LogP contribution is 2.16. The van der Waals surface area contributed by atoms with E-state index in [1.54, 1.807) is 12.1 Å². The molecule has 0 saturated heterocycles. The molecule has 0 aliphatic heterocycles. The maximum atomic E-state index is 9.96. The van der Waals surface area contributed by atoms with Crippen LogP contribution in [-0.4, -0.2) is 22.9 Å². The van der Waals surface area contributed by atoms with Gasteiger partial charge in [-0.1, -0.05) is 60.7 Å². The first kappa shape index (κ1) is 13.7. The highest BCUT2D eigenvalue weighted by atomic mass is 16.5. The normalized spacial score (nSPS) is 14.0. The van der Waals surface area contributed by atoms with Crippen LogP contribution in [0.3, 0.4) is 0 Å². The monoisotopic (exact) mass is 258 g/mol. The molecule has 3 nitrogen and oxygen atoms in total. The Balaban J connectivity index is 1.80. The van der Waals surface area contributed by atoms with Crippen molar-refractivity contribution in [3.8, 4) is 0 Å². The van der Waals surface area contributed by atoms with Crippen LogP contribution in [-0.2, 0) is 11.3 Å². The van der Waals surface area contributed by atoms with Gasteiger partial charge in [0.15, 0.2) is 0 Å². The van der Waals surface area contributed by atoms with Crippen molar-refractivity contribution < 1.29 is 14.9 Å². The van der Waals surface area contributed by atoms with E-state index >= 15 is 0 Å². The van der Waals surface area contributed by atoms with Gasteiger partial charge in [-0.3, -0.25) is 0 Å². The van der Waals surface area contributed by atoms with E-state index in [0.29, 0.717) is 12.2 Å². The fraction of sp³-hybridized carbons (Fsp3) is 0.250. The summed E-state index contributed by atoms with van der Waals surface area (Å²) in [5, 5.41) is 19.8. The molecule has 0 aromatic heterocycles. The Hall–Kier alpha value is -1.68. The van der Waals surface area contributed by atoms with Crippen molar-refractivity contribution in [2.24, 2.45) is 0 Å². The fourth-order valence-electron chi connectivity index (χ4n) is 1.84. The highest BCUT2D eigenvalue weighted by molar-refractivity contribution is 5.18. The molecule has 2 aromatic rings. The molecule has 0 fully saturated rings. The van der Waals surface area contributed by atoms with Gasteiger partial charge in [0.1, 0.15) is 12.2 Å². The molecule has 0 aliphatic carbocycles. The molecular formula is C16H18O3. The topological polar surface area (TPSA) is 49.7 Å². The van der Waals surface area contributed by atoms with E-state index in [9.17, 15) is 10.2 Å². The molecule has 2 atom stereocenters. The summed E-state index contributed by atoms with van der Waals surface area (Å²) < 4.78 is 5.41. The van der Waals surface area contributed by atoms with Crippen LogP contribution < -0.4 is 0 Å². The second-order valence-corrected chi connectivity index (χ2v) is 4.42. The lowest BCUT2D eigenvalue weighted by atomic mass is 10.1. The number of rotatable bonds is 6. The Morgan fingerprint density at radius 3 is 2.05 bits per heavy atom. The van der Waals surface area contributed by atoms with E-state index in [2.05, 4.69) is 0 Å². The molecule has 0 bridgehead atoms. The number of ether oxygens (including phenoxy) is 1. The Labute approximate surface area is 113 Å². The molecule has 0 heterocycles. The fourth-order valence-corrected chi connectivity index (χ4v) is 1.84. The second kappa shape index (κ2) is 7.04. The van der Waals surface area contributed by atoms with Crippen molar-refractivity contribution in [1.82, 2.24) is 0 Å². The first-order valence-corrected chi connectivity index (χ1v) is 6.30. The van der Waals surface area contributed by atoms with Gasteiger partial charge >= 0.3 is 0 Å². The summed E-state index contributed by atoms with van der Waals surface area (Å²) in [7, 11) is 0. The molecule has 3 heteroatoms. The van der Waals surface area contributed by atoms with Gasteiger partial charge < -0.3 is 14.9 Å². The lowest BCUT2D eigenvalue weighted by Crippen LogP contribution is -2.23. The molecule has 0 spiro atoms. The van der Waals surface area contributed by atoms with Crippen molar-refractivity contribution in [2.75, 3.05) is 6.61 Å². The zero-order valence-corrected chi connectivity index (χ0v) is 10.6. The van der Waals surface area contributed by atoms with Gasteiger partial charge in [0.25, 0.3) is 0 Å². The summed E-state index contributed by atoms with van der Waals surface area (Å²) in [5.41, 5.74) is 1.74. The van der Waals surface area contributed by atoms with Crippen LogP contribution in [0.5, 0.6) is 0 Å². The first-order valence-electron chi connectivity index (χ1n) is 6.30. The molecule has 2 rings (SSSR count). The SMILES string of the molecule is O[C@@H](COCc1ccccc1)[C@@H](O)c1ccccc1. The summed E-state index contributed by atoms with van der Waals surface area (Å²) >= 11 is 0. The lowest BCUT2D eigenvalue weighted by molar-refractivity contribution is -0.0434. The smallest absolute Gasteiger partial charge is 0.107 e. The summed E-state index contributed by atoms with van der Waals surface area (Å²) in [6.07, 6.45) is -1.84. The molecule has 2 aromatic carbocycles. The summed E-state index contributed by atoms with van der Waals surface area (Å²) in [5.74, 6) is 0. The number of aliphatic hydroxyl groups is 2. The van der Waals surface area contributed by atoms with Crippen molar-refractivity contribution in [2.45, 2.75) is 18.8 Å². The van der Waals surface area contributed by atoms with Crippen LogP contribution in [0.1, 0.15) is 17.2 Å². The van der Waals surface area contributed by atoms with Crippen LogP contribution in [0.25, 0.3) is 0 Å². The van der Waals surface area contributed by atoms with Crippen molar-refractivity contribution in [3.05, 3.63) is 71.8 Å². The molecule has 19 heavy (non-hydrogen) atoms. The zero-order chi connectivity index (χ0) is 13.5. The molecule has 0 amide bonds. The summed E-state index contributed by atoms with van der Waals surface area (Å²) in [4.78, 5) is 0. The van der Waals surface area contributed by atoms with E-state index in [1.807, 2.05) is 48.5 Å². The number of benzene rings is 2. The molecule has 0 radical (unpaired) electrons. The van der Waals surface area contributed by atoms with Gasteiger partial charge in [-0.15, -0.1) is 0 Å². The van der Waals surface area contributed by atoms with Crippen LogP contribution in [0.15, 0.2) is 60.7 Å². The molecule has 0 unspecified atom stereocenters. The van der Waals surface area contributed by atoms with Crippen LogP contribution in [0.4, 0.5) is 0 Å². The number of hydrogen-bond donors (Lipinski definition) is 2. The number of aliphatic hydroxyl groups excluding tert-OH is 2. The Kier molecular flexibility index (Phi) is 5.10. The van der Waals surface area contributed by atoms with Crippen LogP contribution >= 0.6 is 0 Å². The van der Waals surface area contributed by atoms with Crippen molar-refractivity contribution in [1.29, 1.82) is 0 Å². The van der Waals surface area contributed by atoms with Gasteiger partial charge in [-0.25, -0.2) is 0 Å². The predicted molar refractivity (Wildman–Crippen MR) is 73.5 cm³/mol. The Morgan fingerprint density at radius 1 is 0.842 bits per heavy atom. The lowest BCUT2D eigenvalue weighted by Gasteiger charge is -2.18. The Morgan fingerprint density at radius 2 is 1.42 bits per heavy atom. The number of hydrogen-bond acceptors (Lipinski definition) is 3. The predicted octanol–water partition coefficient (Wildman–Crippen LogP) is 2.30. The van der Waals surface area contributed by atoms with Gasteiger partial charge in [0, 0.05) is 0 Å². The third kappa shape index (κ3) is 4.17. The summed E-state index contributed by atoms with van der Waals surface area (Å²) in [6.45, 7) is 0.532. The summed E-state index contributed by atoms with van der Waals surface area (Å²) in [6, 6.07) is 18.8. The van der Waals surface area contributed by atoms with Gasteiger partial charge in [0.05, 0.1) is 13.2 Å². The third-order valence-electron chi connectivity index (χ3n) is 2.91. The Bertz CT molecular complexity index is 470.